The topological polar surface area (TPSA) is 167 Å². The maximum Gasteiger partial charge on any atom is 0.348 e. The molecular formula is C10H14N5O5P. The molecule has 1 unspecified atom stereocenters. The Kier molecular flexibility index (Phi) is 4.24. The molecule has 0 radical (unpaired) electrons. The van der Waals surface area contributed by atoms with E-state index in [-0.39, 0.29) is 30.1 Å². The van der Waals surface area contributed by atoms with Gasteiger partial charge in [-0.3, -0.25) is 14.3 Å². The molecule has 114 valence electrons. The Balaban J connectivity index is 2.13. The summed E-state index contributed by atoms with van der Waals surface area (Å²) >= 11 is 0. The summed E-state index contributed by atoms with van der Waals surface area (Å²) in [5.74, 6) is 0.598. The van der Waals surface area contributed by atoms with E-state index >= 15 is 0 Å². The highest BCUT2D eigenvalue weighted by Gasteiger charge is 2.11. The van der Waals surface area contributed by atoms with Crippen molar-refractivity contribution in [2.75, 3.05) is 5.73 Å². The standard InChI is InChI=1S/C10H14N5O5P/c11-10-13-8-7(9(17)14-10)12-5-15(8)3-1-6(16)2-4-21(18,19)20/h2,4-6,16H,1,3H2,(H2,18,19,20)(H3,11,13,14,17)/b4-2+. The van der Waals surface area contributed by atoms with Crippen LogP contribution in [-0.2, 0) is 11.1 Å². The number of imidazole rings is 1. The Morgan fingerprint density at radius 3 is 2.90 bits per heavy atom. The van der Waals surface area contributed by atoms with Crippen LogP contribution < -0.4 is 11.3 Å². The fraction of sp³-hybridized carbons (Fsp3) is 0.300. The SMILES string of the molecule is Nc1nc2c(ncn2CCC(O)/C=C/P(=O)(O)O)c(=O)[nH]1. The summed E-state index contributed by atoms with van der Waals surface area (Å²) in [6.45, 7) is 0.249. The molecule has 0 fully saturated rings. The smallest absolute Gasteiger partial charge is 0.348 e. The fourth-order valence-corrected chi connectivity index (χ4v) is 2.14. The molecule has 11 heteroatoms. The van der Waals surface area contributed by atoms with Gasteiger partial charge in [0.05, 0.1) is 12.4 Å². The molecule has 0 bridgehead atoms. The van der Waals surface area contributed by atoms with E-state index in [1.54, 1.807) is 0 Å². The monoisotopic (exact) mass is 315 g/mol. The molecule has 2 heterocycles. The maximum atomic E-state index is 11.6. The van der Waals surface area contributed by atoms with E-state index in [9.17, 15) is 14.5 Å². The molecule has 10 nitrogen and oxygen atoms in total. The summed E-state index contributed by atoms with van der Waals surface area (Å²) in [5.41, 5.74) is 5.40. The van der Waals surface area contributed by atoms with Crippen LogP contribution in [0.15, 0.2) is 23.0 Å². The van der Waals surface area contributed by atoms with Gasteiger partial charge in [0.25, 0.3) is 5.56 Å². The molecule has 0 aliphatic carbocycles. The average molecular weight is 315 g/mol. The number of nitrogen functional groups attached to an aromatic ring is 1. The summed E-state index contributed by atoms with van der Waals surface area (Å²) in [6.07, 6.45) is 1.52. The van der Waals surface area contributed by atoms with Crippen LogP contribution in [0.1, 0.15) is 6.42 Å². The summed E-state index contributed by atoms with van der Waals surface area (Å²) in [7, 11) is -4.29. The lowest BCUT2D eigenvalue weighted by Crippen LogP contribution is -2.13. The Hall–Kier alpha value is -2.00. The van der Waals surface area contributed by atoms with Gasteiger partial charge in [-0.1, -0.05) is 0 Å². The van der Waals surface area contributed by atoms with Gasteiger partial charge in [-0.2, -0.15) is 4.98 Å². The minimum Gasteiger partial charge on any atom is -0.389 e. The first-order chi connectivity index (χ1) is 9.76. The number of nitrogens with zero attached hydrogens (tertiary/aromatic N) is 3. The molecule has 0 spiro atoms. The van der Waals surface area contributed by atoms with Gasteiger partial charge in [0, 0.05) is 12.4 Å². The van der Waals surface area contributed by atoms with E-state index in [4.69, 9.17) is 15.5 Å². The molecule has 0 aliphatic heterocycles. The number of fused-ring (bicyclic) bond motifs is 1. The predicted octanol–water partition coefficient (Wildman–Crippen LogP) is -0.856. The van der Waals surface area contributed by atoms with Gasteiger partial charge < -0.3 is 25.2 Å². The quantitative estimate of drug-likeness (QED) is 0.444. The van der Waals surface area contributed by atoms with Gasteiger partial charge in [-0.25, -0.2) is 4.98 Å². The van der Waals surface area contributed by atoms with Crippen molar-refractivity contribution in [3.05, 3.63) is 28.6 Å². The number of aliphatic hydroxyl groups excluding tert-OH is 1. The zero-order valence-corrected chi connectivity index (χ0v) is 11.6. The highest BCUT2D eigenvalue weighted by atomic mass is 31.2. The third-order valence-electron chi connectivity index (χ3n) is 2.66. The van der Waals surface area contributed by atoms with Crippen LogP contribution in [0, 0.1) is 0 Å². The first-order valence-electron chi connectivity index (χ1n) is 5.89. The number of aromatic nitrogens is 4. The van der Waals surface area contributed by atoms with Gasteiger partial charge >= 0.3 is 7.60 Å². The van der Waals surface area contributed by atoms with Gasteiger partial charge in [-0.05, 0) is 12.5 Å². The minimum absolute atomic E-state index is 0.0452. The van der Waals surface area contributed by atoms with Crippen molar-refractivity contribution < 1.29 is 19.5 Å². The van der Waals surface area contributed by atoms with Gasteiger partial charge in [0.15, 0.2) is 11.2 Å². The van der Waals surface area contributed by atoms with Crippen LogP contribution in [0.4, 0.5) is 5.95 Å². The maximum absolute atomic E-state index is 11.6. The Morgan fingerprint density at radius 1 is 1.52 bits per heavy atom. The third kappa shape index (κ3) is 3.99. The molecule has 2 aromatic rings. The molecule has 0 amide bonds. The zero-order valence-electron chi connectivity index (χ0n) is 10.7. The zero-order chi connectivity index (χ0) is 15.6. The van der Waals surface area contributed by atoms with E-state index < -0.39 is 19.3 Å². The fourth-order valence-electron chi connectivity index (χ4n) is 1.71. The largest absolute Gasteiger partial charge is 0.389 e. The van der Waals surface area contributed by atoms with E-state index in [2.05, 4.69) is 15.0 Å². The van der Waals surface area contributed by atoms with Crippen molar-refractivity contribution in [3.63, 3.8) is 0 Å². The molecular weight excluding hydrogens is 301 g/mol. The Morgan fingerprint density at radius 2 is 2.24 bits per heavy atom. The number of rotatable bonds is 5. The van der Waals surface area contributed by atoms with Crippen LogP contribution in [-0.4, -0.2) is 40.5 Å². The number of hydrogen-bond donors (Lipinski definition) is 5. The lowest BCUT2D eigenvalue weighted by molar-refractivity contribution is 0.206. The molecule has 0 aliphatic rings. The van der Waals surface area contributed by atoms with E-state index in [1.165, 1.54) is 10.9 Å². The third-order valence-corrected chi connectivity index (χ3v) is 3.22. The number of nitrogens with two attached hydrogens (primary N) is 1. The second-order valence-corrected chi connectivity index (χ2v) is 5.82. The normalized spacial score (nSPS) is 14.0. The van der Waals surface area contributed by atoms with Crippen molar-refractivity contribution in [1.82, 2.24) is 19.5 Å². The first kappa shape index (κ1) is 15.4. The lowest BCUT2D eigenvalue weighted by Gasteiger charge is -2.07. The molecule has 0 saturated carbocycles. The van der Waals surface area contributed by atoms with Crippen molar-refractivity contribution >= 4 is 24.7 Å². The summed E-state index contributed by atoms with van der Waals surface area (Å²) in [6, 6.07) is 0. The van der Waals surface area contributed by atoms with Gasteiger partial charge in [0.1, 0.15) is 0 Å². The van der Waals surface area contributed by atoms with Crippen molar-refractivity contribution in [3.8, 4) is 0 Å². The molecule has 1 atom stereocenters. The highest BCUT2D eigenvalue weighted by Crippen LogP contribution is 2.36. The van der Waals surface area contributed by atoms with Crippen molar-refractivity contribution in [1.29, 1.82) is 0 Å². The number of aryl methyl sites for hydroxylation is 1. The molecule has 2 aromatic heterocycles. The predicted molar refractivity (Wildman–Crippen MR) is 74.4 cm³/mol. The Bertz CT molecular complexity index is 776. The van der Waals surface area contributed by atoms with Crippen LogP contribution in [0.3, 0.4) is 0 Å². The lowest BCUT2D eigenvalue weighted by atomic mass is 10.2. The highest BCUT2D eigenvalue weighted by molar-refractivity contribution is 7.55. The molecule has 6 N–H and O–H groups in total. The van der Waals surface area contributed by atoms with Crippen LogP contribution in [0.25, 0.3) is 11.2 Å². The number of aliphatic hydroxyl groups is 1. The number of hydrogen-bond acceptors (Lipinski definition) is 6. The Labute approximate surface area is 118 Å². The molecule has 0 aromatic carbocycles. The summed E-state index contributed by atoms with van der Waals surface area (Å²) in [4.78, 5) is 39.1. The van der Waals surface area contributed by atoms with Gasteiger partial charge in [0.2, 0.25) is 5.95 Å². The van der Waals surface area contributed by atoms with E-state index in [1.807, 2.05) is 0 Å². The van der Waals surface area contributed by atoms with Crippen LogP contribution in [0.5, 0.6) is 0 Å². The number of aromatic amines is 1. The van der Waals surface area contributed by atoms with E-state index in [0.717, 1.165) is 6.08 Å². The van der Waals surface area contributed by atoms with Crippen molar-refractivity contribution in [2.24, 2.45) is 0 Å². The summed E-state index contributed by atoms with van der Waals surface area (Å²) < 4.78 is 12.2. The first-order valence-corrected chi connectivity index (χ1v) is 7.58. The number of H-pyrrole nitrogens is 1. The van der Waals surface area contributed by atoms with Crippen molar-refractivity contribution in [2.45, 2.75) is 19.1 Å². The molecule has 0 saturated heterocycles. The second kappa shape index (κ2) is 5.78. The van der Waals surface area contributed by atoms with Crippen LogP contribution in [0.2, 0.25) is 0 Å². The minimum atomic E-state index is -4.29. The van der Waals surface area contributed by atoms with E-state index in [0.29, 0.717) is 5.82 Å². The van der Waals surface area contributed by atoms with Gasteiger partial charge in [-0.15, -0.1) is 0 Å². The molecule has 21 heavy (non-hydrogen) atoms. The summed E-state index contributed by atoms with van der Waals surface area (Å²) in [5, 5.41) is 9.62. The second-order valence-electron chi connectivity index (χ2n) is 4.35. The average Bonchev–Trinajstić information content (AvgIpc) is 2.76. The number of nitrogens with one attached hydrogen (secondary N) is 1. The molecule has 2 rings (SSSR count). The van der Waals surface area contributed by atoms with Crippen LogP contribution >= 0.6 is 7.60 Å². The number of anilines is 1.